The van der Waals surface area contributed by atoms with E-state index in [1.54, 1.807) is 35.2 Å². The van der Waals surface area contributed by atoms with Crippen LogP contribution < -0.4 is 16.0 Å². The molecule has 1 unspecified atom stereocenters. The molecule has 2 heterocycles. The number of nitrogens with zero attached hydrogens (tertiary/aromatic N) is 1. The molecule has 2 saturated heterocycles. The van der Waals surface area contributed by atoms with E-state index < -0.39 is 17.9 Å². The van der Waals surface area contributed by atoms with Crippen molar-refractivity contribution in [2.45, 2.75) is 44.6 Å². The monoisotopic (exact) mass is 458 g/mol. The summed E-state index contributed by atoms with van der Waals surface area (Å²) in [6.07, 6.45) is 4.98. The maximum atomic E-state index is 12.7. The molecule has 9 heteroatoms. The lowest BCUT2D eigenvalue weighted by Crippen LogP contribution is -2.51. The molecule has 0 radical (unpaired) electrons. The third-order valence-corrected chi connectivity index (χ3v) is 6.49. The number of aliphatic carboxylic acids is 1. The fourth-order valence-corrected chi connectivity index (χ4v) is 4.45. The van der Waals surface area contributed by atoms with Gasteiger partial charge in [-0.05, 0) is 63.2 Å². The van der Waals surface area contributed by atoms with Gasteiger partial charge in [-0.25, -0.2) is 4.79 Å². The highest BCUT2D eigenvalue weighted by atomic mass is 16.4. The summed E-state index contributed by atoms with van der Waals surface area (Å²) in [6.45, 7) is 2.81. The number of hydrogen-bond donors (Lipinski definition) is 4. The van der Waals surface area contributed by atoms with Gasteiger partial charge in [-0.2, -0.15) is 0 Å². The number of carboxylic acids is 1. The van der Waals surface area contributed by atoms with Crippen molar-refractivity contribution in [3.05, 3.63) is 35.9 Å². The number of carbonyl (C=O) groups is 4. The van der Waals surface area contributed by atoms with Crippen LogP contribution in [0.3, 0.4) is 0 Å². The molecule has 33 heavy (non-hydrogen) atoms. The highest BCUT2D eigenvalue weighted by Gasteiger charge is 2.30. The van der Waals surface area contributed by atoms with Gasteiger partial charge in [0.2, 0.25) is 11.8 Å². The van der Waals surface area contributed by atoms with Gasteiger partial charge >= 0.3 is 5.97 Å². The van der Waals surface area contributed by atoms with E-state index in [9.17, 15) is 24.3 Å². The number of piperidine rings is 2. The highest BCUT2D eigenvalue weighted by Crippen LogP contribution is 2.21. The van der Waals surface area contributed by atoms with Gasteiger partial charge in [-0.3, -0.25) is 14.4 Å². The fourth-order valence-electron chi connectivity index (χ4n) is 4.45. The van der Waals surface area contributed by atoms with E-state index in [0.29, 0.717) is 37.4 Å². The van der Waals surface area contributed by atoms with Gasteiger partial charge in [0.15, 0.2) is 0 Å². The van der Waals surface area contributed by atoms with Crippen LogP contribution in [0.2, 0.25) is 0 Å². The molecule has 1 aromatic rings. The Hall–Kier alpha value is -2.94. The van der Waals surface area contributed by atoms with Gasteiger partial charge in [0.05, 0.1) is 5.92 Å². The Kier molecular flexibility index (Phi) is 9.24. The van der Waals surface area contributed by atoms with Crippen molar-refractivity contribution in [1.29, 1.82) is 0 Å². The quantitative estimate of drug-likeness (QED) is 0.437. The molecule has 2 aliphatic rings. The van der Waals surface area contributed by atoms with Crippen molar-refractivity contribution in [3.63, 3.8) is 0 Å². The predicted molar refractivity (Wildman–Crippen MR) is 122 cm³/mol. The molecule has 0 aliphatic carbocycles. The smallest absolute Gasteiger partial charge is 0.328 e. The third kappa shape index (κ3) is 7.56. The van der Waals surface area contributed by atoms with Crippen molar-refractivity contribution in [2.24, 2.45) is 11.8 Å². The number of benzene rings is 1. The maximum Gasteiger partial charge on any atom is 0.328 e. The first kappa shape index (κ1) is 24.7. The van der Waals surface area contributed by atoms with Crippen LogP contribution in [0.15, 0.2) is 30.3 Å². The van der Waals surface area contributed by atoms with E-state index in [2.05, 4.69) is 16.0 Å². The van der Waals surface area contributed by atoms with Gasteiger partial charge in [0.1, 0.15) is 6.04 Å². The first-order chi connectivity index (χ1) is 15.9. The first-order valence-corrected chi connectivity index (χ1v) is 11.8. The highest BCUT2D eigenvalue weighted by molar-refractivity contribution is 5.96. The van der Waals surface area contributed by atoms with Gasteiger partial charge in [-0.15, -0.1) is 0 Å². The molecular formula is C24H34N4O5. The Balaban J connectivity index is 1.45. The van der Waals surface area contributed by atoms with Crippen LogP contribution in [0.4, 0.5) is 0 Å². The second-order valence-corrected chi connectivity index (χ2v) is 8.89. The van der Waals surface area contributed by atoms with E-state index in [1.165, 1.54) is 0 Å². The summed E-state index contributed by atoms with van der Waals surface area (Å²) >= 11 is 0. The third-order valence-electron chi connectivity index (χ3n) is 6.49. The molecule has 0 spiro atoms. The predicted octanol–water partition coefficient (Wildman–Crippen LogP) is 1.00. The zero-order valence-corrected chi connectivity index (χ0v) is 18.9. The van der Waals surface area contributed by atoms with Crippen molar-refractivity contribution in [2.75, 3.05) is 32.7 Å². The summed E-state index contributed by atoms with van der Waals surface area (Å²) in [5, 5.41) is 17.9. The largest absolute Gasteiger partial charge is 0.480 e. The lowest BCUT2D eigenvalue weighted by atomic mass is 9.92. The maximum absolute atomic E-state index is 12.7. The van der Waals surface area contributed by atoms with Gasteiger partial charge in [0.25, 0.3) is 5.91 Å². The number of carbonyl (C=O) groups excluding carboxylic acids is 3. The zero-order valence-electron chi connectivity index (χ0n) is 18.9. The second-order valence-electron chi connectivity index (χ2n) is 8.89. The van der Waals surface area contributed by atoms with Crippen molar-refractivity contribution in [1.82, 2.24) is 20.9 Å². The molecule has 1 aromatic carbocycles. The standard InChI is InChI=1S/C24H34N4O5/c29-21(9-8-17-10-12-25-13-11-17)28-14-4-7-19(16-28)22(30)26-15-20(24(32)33)27-23(31)18-5-2-1-3-6-18/h1-3,5-6,17,19-20,25H,4,7-16H2,(H,26,30)(H,27,31)(H,32,33)/t19-,20?/m1/s1. The van der Waals surface area contributed by atoms with Crippen LogP contribution in [0.25, 0.3) is 0 Å². The minimum absolute atomic E-state index is 0.0876. The van der Waals surface area contributed by atoms with Crippen LogP contribution in [0.1, 0.15) is 48.9 Å². The molecule has 0 bridgehead atoms. The van der Waals surface area contributed by atoms with E-state index in [-0.39, 0.29) is 24.3 Å². The summed E-state index contributed by atoms with van der Waals surface area (Å²) in [4.78, 5) is 51.0. The molecule has 2 aliphatic heterocycles. The van der Waals surface area contributed by atoms with Crippen molar-refractivity contribution in [3.8, 4) is 0 Å². The Bertz CT molecular complexity index is 825. The lowest BCUT2D eigenvalue weighted by molar-refractivity contribution is -0.139. The minimum Gasteiger partial charge on any atom is -0.480 e. The number of hydrogen-bond acceptors (Lipinski definition) is 5. The molecule has 4 N–H and O–H groups in total. The summed E-state index contributed by atoms with van der Waals surface area (Å²) in [7, 11) is 0. The summed E-state index contributed by atoms with van der Waals surface area (Å²) in [5.41, 5.74) is 0.348. The van der Waals surface area contributed by atoms with Crippen LogP contribution in [0, 0.1) is 11.8 Å². The van der Waals surface area contributed by atoms with E-state index in [4.69, 9.17) is 0 Å². The van der Waals surface area contributed by atoms with E-state index in [1.807, 2.05) is 0 Å². The van der Waals surface area contributed by atoms with Gasteiger partial charge < -0.3 is 26.0 Å². The molecular weight excluding hydrogens is 424 g/mol. The Morgan fingerprint density at radius 2 is 1.82 bits per heavy atom. The lowest BCUT2D eigenvalue weighted by Gasteiger charge is -2.33. The van der Waals surface area contributed by atoms with Crippen molar-refractivity contribution < 1.29 is 24.3 Å². The normalized spacial score (nSPS) is 20.0. The topological polar surface area (TPSA) is 128 Å². The molecule has 0 aromatic heterocycles. The van der Waals surface area contributed by atoms with Crippen LogP contribution in [-0.4, -0.2) is 72.5 Å². The van der Waals surface area contributed by atoms with E-state index in [0.717, 1.165) is 38.8 Å². The Labute approximate surface area is 194 Å². The molecule has 2 fully saturated rings. The van der Waals surface area contributed by atoms with Gasteiger partial charge in [-0.1, -0.05) is 18.2 Å². The second kappa shape index (κ2) is 12.3. The molecule has 2 atom stereocenters. The fraction of sp³-hybridized carbons (Fsp3) is 0.583. The molecule has 9 nitrogen and oxygen atoms in total. The SMILES string of the molecule is O=C(NC(CNC(=O)[C@@H]1CCCN(C(=O)CCC2CCNCC2)C1)C(=O)O)c1ccccc1. The average molecular weight is 459 g/mol. The van der Waals surface area contributed by atoms with Crippen LogP contribution in [0.5, 0.6) is 0 Å². The molecule has 0 saturated carbocycles. The molecule has 180 valence electrons. The average Bonchev–Trinajstić information content (AvgIpc) is 2.85. The van der Waals surface area contributed by atoms with E-state index >= 15 is 0 Å². The summed E-state index contributed by atoms with van der Waals surface area (Å²) in [5.74, 6) is -1.73. The number of likely N-dealkylation sites (tertiary alicyclic amines) is 1. The zero-order chi connectivity index (χ0) is 23.6. The number of carboxylic acid groups (broad SMARTS) is 1. The number of amides is 3. The van der Waals surface area contributed by atoms with Crippen LogP contribution in [-0.2, 0) is 14.4 Å². The minimum atomic E-state index is -1.24. The van der Waals surface area contributed by atoms with Crippen LogP contribution >= 0.6 is 0 Å². The summed E-state index contributed by atoms with van der Waals surface area (Å²) in [6, 6.07) is 7.08. The first-order valence-electron chi connectivity index (χ1n) is 11.8. The number of nitrogens with one attached hydrogen (secondary N) is 3. The Morgan fingerprint density at radius 1 is 1.09 bits per heavy atom. The van der Waals surface area contributed by atoms with Gasteiger partial charge in [0, 0.05) is 31.6 Å². The molecule has 3 amide bonds. The molecule has 3 rings (SSSR count). The number of rotatable bonds is 9. The Morgan fingerprint density at radius 3 is 2.52 bits per heavy atom. The van der Waals surface area contributed by atoms with Crippen molar-refractivity contribution >= 4 is 23.7 Å². The summed E-state index contributed by atoms with van der Waals surface area (Å²) < 4.78 is 0.